The van der Waals surface area contributed by atoms with Crippen molar-refractivity contribution < 1.29 is 9.90 Å². The third kappa shape index (κ3) is 4.36. The molecule has 2 aromatic rings. The number of anilines is 1. The highest BCUT2D eigenvalue weighted by atomic mass is 16.3. The van der Waals surface area contributed by atoms with Gasteiger partial charge >= 0.3 is 0 Å². The Bertz CT molecular complexity index is 1100. The summed E-state index contributed by atoms with van der Waals surface area (Å²) in [5, 5.41) is 12.8. The molecule has 2 atom stereocenters. The number of amides is 1. The van der Waals surface area contributed by atoms with Gasteiger partial charge in [0.25, 0.3) is 5.91 Å². The van der Waals surface area contributed by atoms with E-state index in [-0.39, 0.29) is 29.3 Å². The molecular formula is C27H32N4O2. The molecule has 172 valence electrons. The van der Waals surface area contributed by atoms with Gasteiger partial charge in [0.1, 0.15) is 5.82 Å². The summed E-state index contributed by atoms with van der Waals surface area (Å²) in [7, 11) is 0. The zero-order valence-corrected chi connectivity index (χ0v) is 19.2. The van der Waals surface area contributed by atoms with Gasteiger partial charge in [-0.05, 0) is 62.1 Å². The quantitative estimate of drug-likeness (QED) is 0.617. The molecule has 1 aromatic heterocycles. The van der Waals surface area contributed by atoms with Crippen molar-refractivity contribution in [3.8, 4) is 23.0 Å². The summed E-state index contributed by atoms with van der Waals surface area (Å²) in [5.74, 6) is 6.97. The molecule has 1 saturated heterocycles. The Morgan fingerprint density at radius 2 is 2.00 bits per heavy atom. The molecule has 6 heteroatoms. The summed E-state index contributed by atoms with van der Waals surface area (Å²) in [6.07, 6.45) is 5.75. The first-order chi connectivity index (χ1) is 16.0. The maximum Gasteiger partial charge on any atom is 0.255 e. The SMILES string of the molecule is CC#CCN1CC2CC2(c2ccc(-c3cnc(N)c(C(=O)NC4CCC(O)CC4)c3)cc2)C1. The van der Waals surface area contributed by atoms with Crippen LogP contribution < -0.4 is 11.1 Å². The second kappa shape index (κ2) is 8.81. The zero-order chi connectivity index (χ0) is 23.0. The molecule has 1 aromatic carbocycles. The summed E-state index contributed by atoms with van der Waals surface area (Å²) in [4.78, 5) is 19.6. The number of aliphatic hydroxyl groups excluding tert-OH is 1. The number of rotatable bonds is 5. The van der Waals surface area contributed by atoms with Gasteiger partial charge in [-0.15, -0.1) is 5.92 Å². The highest BCUT2D eigenvalue weighted by molar-refractivity contribution is 5.99. The van der Waals surface area contributed by atoms with Gasteiger partial charge in [-0.25, -0.2) is 4.98 Å². The molecule has 2 aliphatic carbocycles. The lowest BCUT2D eigenvalue weighted by molar-refractivity contribution is 0.0868. The Morgan fingerprint density at radius 1 is 1.24 bits per heavy atom. The van der Waals surface area contributed by atoms with Crippen LogP contribution in [0.25, 0.3) is 11.1 Å². The minimum Gasteiger partial charge on any atom is -0.393 e. The number of nitrogens with zero attached hydrogens (tertiary/aromatic N) is 2. The summed E-state index contributed by atoms with van der Waals surface area (Å²) < 4.78 is 0. The molecular weight excluding hydrogens is 412 g/mol. The van der Waals surface area contributed by atoms with Crippen LogP contribution >= 0.6 is 0 Å². The fourth-order valence-electron chi connectivity index (χ4n) is 5.64. The van der Waals surface area contributed by atoms with Crippen molar-refractivity contribution in [2.45, 2.75) is 56.6 Å². The molecule has 2 saturated carbocycles. The number of benzene rings is 1. The van der Waals surface area contributed by atoms with Crippen molar-refractivity contribution >= 4 is 11.7 Å². The molecule has 2 unspecified atom stereocenters. The Balaban J connectivity index is 1.29. The van der Waals surface area contributed by atoms with Gasteiger partial charge in [-0.2, -0.15) is 0 Å². The predicted octanol–water partition coefficient (Wildman–Crippen LogP) is 2.96. The van der Waals surface area contributed by atoms with Crippen molar-refractivity contribution in [1.29, 1.82) is 0 Å². The van der Waals surface area contributed by atoms with Gasteiger partial charge in [0, 0.05) is 36.3 Å². The van der Waals surface area contributed by atoms with E-state index < -0.39 is 0 Å². The number of carbonyl (C=O) groups is 1. The molecule has 2 heterocycles. The molecule has 5 rings (SSSR count). The lowest BCUT2D eigenvalue weighted by atomic mass is 9.92. The normalized spacial score (nSPS) is 28.5. The molecule has 1 amide bonds. The van der Waals surface area contributed by atoms with E-state index in [1.165, 1.54) is 12.0 Å². The van der Waals surface area contributed by atoms with E-state index in [1.54, 1.807) is 6.20 Å². The molecule has 1 aliphatic heterocycles. The first-order valence-electron chi connectivity index (χ1n) is 12.0. The second-order valence-corrected chi connectivity index (χ2v) is 9.87. The predicted molar refractivity (Wildman–Crippen MR) is 129 cm³/mol. The van der Waals surface area contributed by atoms with E-state index in [4.69, 9.17) is 5.73 Å². The molecule has 0 spiro atoms. The van der Waals surface area contributed by atoms with Crippen LogP contribution in [-0.4, -0.2) is 52.7 Å². The van der Waals surface area contributed by atoms with Gasteiger partial charge in [-0.3, -0.25) is 9.69 Å². The number of hydrogen-bond donors (Lipinski definition) is 3. The van der Waals surface area contributed by atoms with E-state index >= 15 is 0 Å². The van der Waals surface area contributed by atoms with Crippen molar-refractivity contribution in [2.24, 2.45) is 5.92 Å². The van der Waals surface area contributed by atoms with Gasteiger partial charge in [0.2, 0.25) is 0 Å². The number of nitrogens with two attached hydrogens (primary N) is 1. The lowest BCUT2D eigenvalue weighted by Crippen LogP contribution is -2.38. The third-order valence-corrected chi connectivity index (χ3v) is 7.68. The monoisotopic (exact) mass is 444 g/mol. The van der Waals surface area contributed by atoms with Crippen LogP contribution in [-0.2, 0) is 5.41 Å². The number of likely N-dealkylation sites (tertiary alicyclic amines) is 1. The van der Waals surface area contributed by atoms with E-state index in [1.807, 2.05) is 13.0 Å². The van der Waals surface area contributed by atoms with Crippen LogP contribution in [0.15, 0.2) is 36.5 Å². The van der Waals surface area contributed by atoms with Crippen LogP contribution in [0.3, 0.4) is 0 Å². The number of nitrogens with one attached hydrogen (secondary N) is 1. The summed E-state index contributed by atoms with van der Waals surface area (Å²) in [6, 6.07) is 10.6. The second-order valence-electron chi connectivity index (χ2n) is 9.87. The minimum absolute atomic E-state index is 0.0725. The molecule has 0 radical (unpaired) electrons. The van der Waals surface area contributed by atoms with Gasteiger partial charge < -0.3 is 16.2 Å². The molecule has 6 nitrogen and oxygen atoms in total. The molecule has 3 aliphatic rings. The van der Waals surface area contributed by atoms with E-state index in [2.05, 4.69) is 51.3 Å². The number of hydrogen-bond acceptors (Lipinski definition) is 5. The number of carbonyl (C=O) groups excluding carboxylic acids is 1. The Hall–Kier alpha value is -2.88. The van der Waals surface area contributed by atoms with Crippen molar-refractivity contribution in [3.05, 3.63) is 47.7 Å². The average Bonchev–Trinajstić information content (AvgIpc) is 3.40. The molecule has 33 heavy (non-hydrogen) atoms. The number of nitrogen functional groups attached to an aromatic ring is 1. The minimum atomic E-state index is -0.251. The smallest absolute Gasteiger partial charge is 0.255 e. The number of fused-ring (bicyclic) bond motifs is 1. The fourth-order valence-corrected chi connectivity index (χ4v) is 5.64. The Labute approximate surface area is 195 Å². The summed E-state index contributed by atoms with van der Waals surface area (Å²) >= 11 is 0. The molecule has 0 bridgehead atoms. The van der Waals surface area contributed by atoms with E-state index in [9.17, 15) is 9.90 Å². The van der Waals surface area contributed by atoms with Gasteiger partial charge in [0.15, 0.2) is 0 Å². The van der Waals surface area contributed by atoms with E-state index in [0.29, 0.717) is 5.56 Å². The lowest BCUT2D eigenvalue weighted by Gasteiger charge is -2.26. The van der Waals surface area contributed by atoms with Crippen LogP contribution in [0.5, 0.6) is 0 Å². The first-order valence-corrected chi connectivity index (χ1v) is 12.0. The average molecular weight is 445 g/mol. The van der Waals surface area contributed by atoms with Crippen LogP contribution in [0.4, 0.5) is 5.82 Å². The van der Waals surface area contributed by atoms with Crippen LogP contribution in [0.1, 0.15) is 54.9 Å². The van der Waals surface area contributed by atoms with Crippen LogP contribution in [0.2, 0.25) is 0 Å². The maximum atomic E-state index is 12.9. The Morgan fingerprint density at radius 3 is 2.73 bits per heavy atom. The fraction of sp³-hybridized carbons (Fsp3) is 0.481. The van der Waals surface area contributed by atoms with Gasteiger partial charge in [0.05, 0.1) is 18.2 Å². The maximum absolute atomic E-state index is 12.9. The van der Waals surface area contributed by atoms with Gasteiger partial charge in [-0.1, -0.05) is 30.2 Å². The topological polar surface area (TPSA) is 91.5 Å². The number of aliphatic hydroxyl groups is 1. The first kappa shape index (κ1) is 21.9. The zero-order valence-electron chi connectivity index (χ0n) is 19.2. The number of pyridine rings is 1. The standard InChI is InChI=1S/C27H32N4O2/c1-2-3-12-31-16-21-14-27(21,17-31)20-6-4-18(5-7-20)19-13-24(25(28)29-15-19)26(33)30-22-8-10-23(32)11-9-22/h4-7,13,15,21-23,32H,8-12,14,16-17H2,1H3,(H2,28,29)(H,30,33). The highest BCUT2D eigenvalue weighted by Crippen LogP contribution is 2.59. The highest BCUT2D eigenvalue weighted by Gasteiger charge is 2.60. The van der Waals surface area contributed by atoms with Crippen molar-refractivity contribution in [2.75, 3.05) is 25.4 Å². The Kier molecular flexibility index (Phi) is 5.86. The molecule has 3 fully saturated rings. The van der Waals surface area contributed by atoms with Crippen molar-refractivity contribution in [3.63, 3.8) is 0 Å². The van der Waals surface area contributed by atoms with Crippen molar-refractivity contribution in [1.82, 2.24) is 15.2 Å². The van der Waals surface area contributed by atoms with E-state index in [0.717, 1.165) is 62.4 Å². The largest absolute Gasteiger partial charge is 0.393 e. The number of piperidine rings is 1. The summed E-state index contributed by atoms with van der Waals surface area (Å²) in [6.45, 7) is 4.97. The third-order valence-electron chi connectivity index (χ3n) is 7.68. The molecule has 4 N–H and O–H groups in total. The summed E-state index contributed by atoms with van der Waals surface area (Å²) in [5.41, 5.74) is 10.0. The van der Waals surface area contributed by atoms with Crippen LogP contribution in [0, 0.1) is 17.8 Å². The number of aromatic nitrogens is 1.